The van der Waals surface area contributed by atoms with Crippen LogP contribution in [0.3, 0.4) is 0 Å². The minimum Gasteiger partial charge on any atom is -0.395 e. The van der Waals surface area contributed by atoms with E-state index in [1.807, 2.05) is 11.8 Å². The summed E-state index contributed by atoms with van der Waals surface area (Å²) >= 11 is 0. The van der Waals surface area contributed by atoms with Gasteiger partial charge in [0, 0.05) is 32.2 Å². The molecule has 20 heavy (non-hydrogen) atoms. The topological polar surface area (TPSA) is 78.2 Å². The van der Waals surface area contributed by atoms with Crippen LogP contribution in [0.5, 0.6) is 0 Å². The Kier molecular flexibility index (Phi) is 4.65. The average molecular weight is 279 g/mol. The third-order valence-electron chi connectivity index (χ3n) is 4.25. The maximum atomic E-state index is 12.4. The second kappa shape index (κ2) is 6.26. The van der Waals surface area contributed by atoms with Gasteiger partial charge in [-0.3, -0.25) is 14.8 Å². The van der Waals surface area contributed by atoms with Crippen molar-refractivity contribution in [3.05, 3.63) is 11.4 Å². The highest BCUT2D eigenvalue weighted by Crippen LogP contribution is 2.18. The van der Waals surface area contributed by atoms with Crippen molar-refractivity contribution >= 4 is 11.6 Å². The zero-order valence-electron chi connectivity index (χ0n) is 12.6. The van der Waals surface area contributed by atoms with Crippen LogP contribution >= 0.6 is 0 Å². The van der Waals surface area contributed by atoms with Gasteiger partial charge in [-0.25, -0.2) is 0 Å². The molecule has 0 spiro atoms. The minimum atomic E-state index is -0.0535. The highest BCUT2D eigenvalue weighted by atomic mass is 16.2. The van der Waals surface area contributed by atoms with Crippen LogP contribution in [0, 0.1) is 0 Å². The number of nitrogens with one attached hydrogen (secondary N) is 1. The number of hydrogen-bond donors (Lipinski definition) is 2. The van der Waals surface area contributed by atoms with Crippen molar-refractivity contribution < 1.29 is 4.79 Å². The van der Waals surface area contributed by atoms with Crippen LogP contribution in [0.2, 0.25) is 0 Å². The zero-order chi connectivity index (χ0) is 14.7. The smallest absolute Gasteiger partial charge is 0.276 e. The first kappa shape index (κ1) is 14.8. The predicted octanol–water partition coefficient (Wildman–Crippen LogP) is 1.11. The fraction of sp³-hybridized carbons (Fsp3) is 0.714. The molecule has 1 aliphatic heterocycles. The van der Waals surface area contributed by atoms with Gasteiger partial charge in [0.25, 0.3) is 5.91 Å². The molecule has 1 aromatic heterocycles. The van der Waals surface area contributed by atoms with Gasteiger partial charge in [0.05, 0.1) is 11.4 Å². The molecule has 1 atom stereocenters. The Hall–Kier alpha value is -1.56. The van der Waals surface area contributed by atoms with Crippen LogP contribution in [0.15, 0.2) is 0 Å². The first-order valence-electron chi connectivity index (χ1n) is 7.44. The van der Waals surface area contributed by atoms with E-state index in [4.69, 9.17) is 5.73 Å². The number of nitrogens with two attached hydrogens (primary N) is 1. The van der Waals surface area contributed by atoms with E-state index < -0.39 is 0 Å². The highest BCUT2D eigenvalue weighted by molar-refractivity contribution is 5.97. The quantitative estimate of drug-likeness (QED) is 0.865. The van der Waals surface area contributed by atoms with Crippen LogP contribution in [0.1, 0.15) is 43.4 Å². The number of aromatic amines is 1. The fourth-order valence-electron chi connectivity index (χ4n) is 2.59. The number of H-pyrrole nitrogens is 1. The number of aryl methyl sites for hydroxylation is 1. The van der Waals surface area contributed by atoms with Gasteiger partial charge in [0.2, 0.25) is 0 Å². The van der Waals surface area contributed by atoms with Gasteiger partial charge in [-0.1, -0.05) is 13.8 Å². The Morgan fingerprint density at radius 3 is 2.50 bits per heavy atom. The molecular formula is C14H25N5O. The Morgan fingerprint density at radius 2 is 2.00 bits per heavy atom. The molecule has 3 N–H and O–H groups in total. The van der Waals surface area contributed by atoms with Gasteiger partial charge in [0.1, 0.15) is 0 Å². The van der Waals surface area contributed by atoms with Crippen molar-refractivity contribution in [2.75, 3.05) is 31.9 Å². The summed E-state index contributed by atoms with van der Waals surface area (Å²) in [7, 11) is 0. The summed E-state index contributed by atoms with van der Waals surface area (Å²) in [5.41, 5.74) is 7.68. The third-order valence-corrected chi connectivity index (χ3v) is 4.25. The van der Waals surface area contributed by atoms with Gasteiger partial charge in [-0.2, -0.15) is 5.10 Å². The largest absolute Gasteiger partial charge is 0.395 e. The van der Waals surface area contributed by atoms with Gasteiger partial charge in [-0.05, 0) is 19.8 Å². The van der Waals surface area contributed by atoms with Crippen molar-refractivity contribution in [3.8, 4) is 0 Å². The maximum Gasteiger partial charge on any atom is 0.276 e. The van der Waals surface area contributed by atoms with Crippen molar-refractivity contribution in [1.29, 1.82) is 0 Å². The number of nitrogens with zero attached hydrogens (tertiary/aromatic N) is 3. The van der Waals surface area contributed by atoms with Crippen LogP contribution in [-0.4, -0.2) is 58.1 Å². The van der Waals surface area contributed by atoms with Crippen LogP contribution in [0.25, 0.3) is 0 Å². The standard InChI is InChI=1S/C14H25N5O/c1-4-10(3)18-6-8-19(9-7-18)14(20)13-12(15)11(5-2)16-17-13/h10H,4-9,15H2,1-3H3,(H,16,17). The molecule has 0 aliphatic carbocycles. The number of piperazine rings is 1. The van der Waals surface area contributed by atoms with Crippen LogP contribution < -0.4 is 5.73 Å². The Bertz CT molecular complexity index is 462. The molecule has 1 fully saturated rings. The first-order valence-corrected chi connectivity index (χ1v) is 7.44. The number of nitrogen functional groups attached to an aromatic ring is 1. The number of aromatic nitrogens is 2. The molecule has 112 valence electrons. The second-order valence-electron chi connectivity index (χ2n) is 5.40. The highest BCUT2D eigenvalue weighted by Gasteiger charge is 2.27. The van der Waals surface area contributed by atoms with E-state index in [-0.39, 0.29) is 5.91 Å². The molecule has 6 heteroatoms. The maximum absolute atomic E-state index is 12.4. The number of hydrogen-bond acceptors (Lipinski definition) is 4. The lowest BCUT2D eigenvalue weighted by Gasteiger charge is -2.37. The molecule has 1 aliphatic rings. The van der Waals surface area contributed by atoms with E-state index in [2.05, 4.69) is 28.9 Å². The van der Waals surface area contributed by atoms with Crippen LogP contribution in [-0.2, 0) is 6.42 Å². The Morgan fingerprint density at radius 1 is 1.35 bits per heavy atom. The SMILES string of the molecule is CCc1[nH]nc(C(=O)N2CCN(C(C)CC)CC2)c1N. The number of amides is 1. The molecule has 1 aromatic rings. The van der Waals surface area contributed by atoms with E-state index in [0.29, 0.717) is 17.4 Å². The summed E-state index contributed by atoms with van der Waals surface area (Å²) in [6.45, 7) is 9.75. The molecule has 1 unspecified atom stereocenters. The first-order chi connectivity index (χ1) is 9.58. The predicted molar refractivity (Wildman–Crippen MR) is 79.6 cm³/mol. The number of rotatable bonds is 4. The molecule has 0 bridgehead atoms. The van der Waals surface area contributed by atoms with Gasteiger partial charge in [-0.15, -0.1) is 0 Å². The third kappa shape index (κ3) is 2.80. The molecule has 0 saturated carbocycles. The summed E-state index contributed by atoms with van der Waals surface area (Å²) in [5, 5.41) is 6.92. The molecule has 6 nitrogen and oxygen atoms in total. The Labute approximate surface area is 120 Å². The monoisotopic (exact) mass is 279 g/mol. The summed E-state index contributed by atoms with van der Waals surface area (Å²) in [5.74, 6) is -0.0535. The second-order valence-corrected chi connectivity index (χ2v) is 5.40. The van der Waals surface area contributed by atoms with Crippen molar-refractivity contribution in [1.82, 2.24) is 20.0 Å². The van der Waals surface area contributed by atoms with Crippen molar-refractivity contribution in [2.24, 2.45) is 0 Å². The molecule has 2 rings (SSSR count). The van der Waals surface area contributed by atoms with Crippen LogP contribution in [0.4, 0.5) is 5.69 Å². The number of carbonyl (C=O) groups is 1. The van der Waals surface area contributed by atoms with E-state index in [1.165, 1.54) is 0 Å². The normalized spacial score (nSPS) is 18.2. The van der Waals surface area contributed by atoms with E-state index in [1.54, 1.807) is 0 Å². The molecule has 1 saturated heterocycles. The molecule has 0 aromatic carbocycles. The van der Waals surface area contributed by atoms with E-state index in [9.17, 15) is 4.79 Å². The number of anilines is 1. The van der Waals surface area contributed by atoms with Gasteiger partial charge >= 0.3 is 0 Å². The fourth-order valence-corrected chi connectivity index (χ4v) is 2.59. The lowest BCUT2D eigenvalue weighted by Crippen LogP contribution is -2.51. The van der Waals surface area contributed by atoms with E-state index >= 15 is 0 Å². The minimum absolute atomic E-state index is 0.0535. The lowest BCUT2D eigenvalue weighted by molar-refractivity contribution is 0.0575. The molecule has 2 heterocycles. The van der Waals surface area contributed by atoms with Crippen molar-refractivity contribution in [3.63, 3.8) is 0 Å². The zero-order valence-corrected chi connectivity index (χ0v) is 12.6. The summed E-state index contributed by atoms with van der Waals surface area (Å²) in [6, 6.07) is 0.578. The van der Waals surface area contributed by atoms with E-state index in [0.717, 1.165) is 44.7 Å². The summed E-state index contributed by atoms with van der Waals surface area (Å²) in [4.78, 5) is 16.7. The van der Waals surface area contributed by atoms with Gasteiger partial charge in [0.15, 0.2) is 5.69 Å². The summed E-state index contributed by atoms with van der Waals surface area (Å²) in [6.07, 6.45) is 1.90. The molecule has 0 radical (unpaired) electrons. The Balaban J connectivity index is 1.99. The molecular weight excluding hydrogens is 254 g/mol. The summed E-state index contributed by atoms with van der Waals surface area (Å²) < 4.78 is 0. The molecule has 1 amide bonds. The lowest BCUT2D eigenvalue weighted by atomic mass is 10.1. The van der Waals surface area contributed by atoms with Crippen molar-refractivity contribution in [2.45, 2.75) is 39.7 Å². The van der Waals surface area contributed by atoms with Gasteiger partial charge < -0.3 is 10.6 Å². The average Bonchev–Trinajstić information content (AvgIpc) is 2.86. The number of carbonyl (C=O) groups excluding carboxylic acids is 1.